The van der Waals surface area contributed by atoms with Gasteiger partial charge in [0.2, 0.25) is 0 Å². The Morgan fingerprint density at radius 1 is 1.15 bits per heavy atom. The van der Waals surface area contributed by atoms with E-state index in [4.69, 9.17) is 0 Å². The number of likely N-dealkylation sites (tertiary alicyclic amines) is 1. The second-order valence-electron chi connectivity index (χ2n) is 5.06. The first-order valence-electron chi connectivity index (χ1n) is 5.12. The van der Waals surface area contributed by atoms with Crippen LogP contribution in [0.5, 0.6) is 0 Å². The summed E-state index contributed by atoms with van der Waals surface area (Å²) in [6.45, 7) is 1.19. The topological polar surface area (TPSA) is 20.2 Å². The summed E-state index contributed by atoms with van der Waals surface area (Å²) in [5.74, 6) is 0.590. The van der Waals surface area contributed by atoms with Gasteiger partial charge < -0.3 is 26.6 Å². The van der Waals surface area contributed by atoms with Crippen LogP contribution in [-0.4, -0.2) is 42.4 Å². The number of hydrogen-bond donors (Lipinski definition) is 1. The summed E-state index contributed by atoms with van der Waals surface area (Å²) in [5.41, 5.74) is 0. The highest BCUT2D eigenvalue weighted by molar-refractivity contribution is 4.86. The third-order valence-electron chi connectivity index (χ3n) is 3.80. The molecule has 0 aromatic rings. The van der Waals surface area contributed by atoms with Crippen molar-refractivity contribution in [1.82, 2.24) is 0 Å². The molecule has 2 fully saturated rings. The third kappa shape index (κ3) is 1.92. The van der Waals surface area contributed by atoms with Gasteiger partial charge in [-0.05, 0) is 12.8 Å². The van der Waals surface area contributed by atoms with Gasteiger partial charge in [0, 0.05) is 12.3 Å². The van der Waals surface area contributed by atoms with Crippen LogP contribution < -0.4 is 17.0 Å². The molecule has 0 spiro atoms. The predicted molar refractivity (Wildman–Crippen MR) is 48.7 cm³/mol. The SMILES string of the molecule is C[N+]1(C)CC2CCCCC1C2O.[Br-]. The monoisotopic (exact) mass is 249 g/mol. The first kappa shape index (κ1) is 11.5. The molecule has 13 heavy (non-hydrogen) atoms. The van der Waals surface area contributed by atoms with Crippen molar-refractivity contribution >= 4 is 0 Å². The van der Waals surface area contributed by atoms with E-state index in [2.05, 4.69) is 14.1 Å². The van der Waals surface area contributed by atoms with Crippen molar-refractivity contribution in [2.45, 2.75) is 37.8 Å². The minimum Gasteiger partial charge on any atom is -1.00 e. The fraction of sp³-hybridized carbons (Fsp3) is 1.00. The van der Waals surface area contributed by atoms with E-state index < -0.39 is 0 Å². The molecule has 1 saturated heterocycles. The predicted octanol–water partition coefficient (Wildman–Crippen LogP) is -2.00. The van der Waals surface area contributed by atoms with E-state index in [1.807, 2.05) is 0 Å². The minimum absolute atomic E-state index is 0. The summed E-state index contributed by atoms with van der Waals surface area (Å²) in [5, 5.41) is 10.0. The van der Waals surface area contributed by atoms with Crippen LogP contribution in [0.15, 0.2) is 0 Å². The molecule has 1 N–H and O–H groups in total. The van der Waals surface area contributed by atoms with Crippen LogP contribution in [-0.2, 0) is 0 Å². The highest BCUT2D eigenvalue weighted by atomic mass is 79.9. The fourth-order valence-corrected chi connectivity index (χ4v) is 3.12. The molecule has 0 amide bonds. The van der Waals surface area contributed by atoms with Crippen LogP contribution in [0.4, 0.5) is 0 Å². The zero-order chi connectivity index (χ0) is 8.77. The van der Waals surface area contributed by atoms with Crippen LogP contribution in [0.3, 0.4) is 0 Å². The Hall–Kier alpha value is 0.400. The summed E-state index contributed by atoms with van der Waals surface area (Å²) in [6.07, 6.45) is 5.12. The third-order valence-corrected chi connectivity index (χ3v) is 3.80. The van der Waals surface area contributed by atoms with Crippen molar-refractivity contribution in [3.63, 3.8) is 0 Å². The number of likely N-dealkylation sites (N-methyl/N-ethyl adjacent to an activating group) is 1. The Labute approximate surface area is 91.3 Å². The van der Waals surface area contributed by atoms with Gasteiger partial charge in [-0.2, -0.15) is 0 Å². The van der Waals surface area contributed by atoms with E-state index in [0.29, 0.717) is 12.0 Å². The molecule has 1 saturated carbocycles. The van der Waals surface area contributed by atoms with E-state index in [-0.39, 0.29) is 23.1 Å². The molecule has 2 bridgehead atoms. The molecular weight excluding hydrogens is 230 g/mol. The van der Waals surface area contributed by atoms with Gasteiger partial charge in [-0.3, -0.25) is 0 Å². The molecule has 0 aromatic carbocycles. The van der Waals surface area contributed by atoms with E-state index in [1.165, 1.54) is 32.2 Å². The number of fused-ring (bicyclic) bond motifs is 2. The van der Waals surface area contributed by atoms with E-state index >= 15 is 0 Å². The Morgan fingerprint density at radius 3 is 2.46 bits per heavy atom. The number of nitrogens with zero attached hydrogens (tertiary/aromatic N) is 1. The minimum atomic E-state index is -0.0116. The maximum atomic E-state index is 10.0. The summed E-state index contributed by atoms with van der Waals surface area (Å²) in [4.78, 5) is 0. The Bertz CT molecular complexity index is 184. The molecular formula is C10H20BrNO. The van der Waals surface area contributed by atoms with Crippen LogP contribution in [0.25, 0.3) is 0 Å². The number of halogens is 1. The van der Waals surface area contributed by atoms with Gasteiger partial charge in [-0.25, -0.2) is 0 Å². The standard InChI is InChI=1S/C10H20NO.BrH/c1-11(2)7-8-5-3-4-6-9(11)10(8)12;/h8-10,12H,3-7H2,1-2H3;1H/q+1;/p-1. The Kier molecular flexibility index (Phi) is 3.42. The van der Waals surface area contributed by atoms with Gasteiger partial charge in [0.15, 0.2) is 0 Å². The van der Waals surface area contributed by atoms with Gasteiger partial charge >= 0.3 is 0 Å². The molecule has 3 atom stereocenters. The van der Waals surface area contributed by atoms with Crippen molar-refractivity contribution in [1.29, 1.82) is 0 Å². The molecule has 3 unspecified atom stereocenters. The average Bonchev–Trinajstić information content (AvgIpc) is 2.17. The molecule has 2 aliphatic rings. The lowest BCUT2D eigenvalue weighted by molar-refractivity contribution is -0.905. The van der Waals surface area contributed by atoms with Gasteiger partial charge in [-0.15, -0.1) is 0 Å². The second-order valence-corrected chi connectivity index (χ2v) is 5.06. The lowest BCUT2D eigenvalue weighted by Crippen LogP contribution is -3.00. The highest BCUT2D eigenvalue weighted by Crippen LogP contribution is 2.37. The van der Waals surface area contributed by atoms with Gasteiger partial charge in [0.25, 0.3) is 0 Å². The van der Waals surface area contributed by atoms with E-state index in [1.54, 1.807) is 0 Å². The molecule has 0 radical (unpaired) electrons. The van der Waals surface area contributed by atoms with Crippen molar-refractivity contribution in [2.24, 2.45) is 5.92 Å². The summed E-state index contributed by atoms with van der Waals surface area (Å²) < 4.78 is 1.05. The first-order valence-corrected chi connectivity index (χ1v) is 5.12. The van der Waals surface area contributed by atoms with Gasteiger partial charge in [-0.1, -0.05) is 6.42 Å². The molecule has 2 nitrogen and oxygen atoms in total. The first-order chi connectivity index (χ1) is 5.61. The fourth-order valence-electron chi connectivity index (χ4n) is 3.12. The van der Waals surface area contributed by atoms with Crippen LogP contribution in [0.1, 0.15) is 25.7 Å². The normalized spacial score (nSPS) is 42.2. The molecule has 1 aliphatic heterocycles. The Morgan fingerprint density at radius 2 is 1.77 bits per heavy atom. The molecule has 1 heterocycles. The van der Waals surface area contributed by atoms with E-state index in [9.17, 15) is 5.11 Å². The lowest BCUT2D eigenvalue weighted by Gasteiger charge is -2.32. The van der Waals surface area contributed by atoms with Crippen molar-refractivity contribution < 1.29 is 26.6 Å². The quantitative estimate of drug-likeness (QED) is 0.493. The summed E-state index contributed by atoms with van der Waals surface area (Å²) in [6, 6.07) is 0.525. The maximum absolute atomic E-state index is 10.0. The number of hydrogen-bond acceptors (Lipinski definition) is 1. The second kappa shape index (κ2) is 3.87. The average molecular weight is 250 g/mol. The molecule has 1 aliphatic carbocycles. The number of aliphatic hydroxyl groups excluding tert-OH is 1. The van der Waals surface area contributed by atoms with Crippen molar-refractivity contribution in [3.05, 3.63) is 0 Å². The van der Waals surface area contributed by atoms with Gasteiger partial charge in [0.1, 0.15) is 12.1 Å². The smallest absolute Gasteiger partial charge is 0.115 e. The molecule has 78 valence electrons. The van der Waals surface area contributed by atoms with Crippen LogP contribution in [0, 0.1) is 5.92 Å². The molecule has 2 rings (SSSR count). The van der Waals surface area contributed by atoms with Crippen molar-refractivity contribution in [2.75, 3.05) is 20.6 Å². The van der Waals surface area contributed by atoms with Crippen molar-refractivity contribution in [3.8, 4) is 0 Å². The summed E-state index contributed by atoms with van der Waals surface area (Å²) >= 11 is 0. The Balaban J connectivity index is 0.000000845. The van der Waals surface area contributed by atoms with Crippen LogP contribution >= 0.6 is 0 Å². The van der Waals surface area contributed by atoms with E-state index in [0.717, 1.165) is 4.48 Å². The number of aliphatic hydroxyl groups is 1. The lowest BCUT2D eigenvalue weighted by atomic mass is 10.0. The highest BCUT2D eigenvalue weighted by Gasteiger charge is 2.48. The number of rotatable bonds is 0. The van der Waals surface area contributed by atoms with Crippen LogP contribution in [0.2, 0.25) is 0 Å². The molecule has 3 heteroatoms. The zero-order valence-corrected chi connectivity index (χ0v) is 10.1. The maximum Gasteiger partial charge on any atom is 0.115 e. The molecule has 0 aromatic heterocycles. The largest absolute Gasteiger partial charge is 1.00 e. The zero-order valence-electron chi connectivity index (χ0n) is 8.54. The van der Waals surface area contributed by atoms with Gasteiger partial charge in [0.05, 0.1) is 20.6 Å². The number of quaternary nitrogens is 1. The summed E-state index contributed by atoms with van der Waals surface area (Å²) in [7, 11) is 4.53.